The van der Waals surface area contributed by atoms with Gasteiger partial charge < -0.3 is 4.57 Å². The highest BCUT2D eigenvalue weighted by atomic mass is 19.1. The smallest absolute Gasteiger partial charge is 0.147 e. The van der Waals surface area contributed by atoms with Crippen molar-refractivity contribution in [2.24, 2.45) is 7.05 Å². The lowest BCUT2D eigenvalue weighted by Gasteiger charge is -1.98. The van der Waals surface area contributed by atoms with Crippen molar-refractivity contribution in [2.75, 3.05) is 0 Å². The predicted molar refractivity (Wildman–Crippen MR) is 58.1 cm³/mol. The number of aromatic nitrogens is 2. The van der Waals surface area contributed by atoms with E-state index in [2.05, 4.69) is 11.1 Å². The summed E-state index contributed by atoms with van der Waals surface area (Å²) in [6.07, 6.45) is 0. The first kappa shape index (κ1) is 10.4. The maximum Gasteiger partial charge on any atom is 0.147 e. The third kappa shape index (κ3) is 1.57. The van der Waals surface area contributed by atoms with Gasteiger partial charge >= 0.3 is 0 Å². The molecule has 0 fully saturated rings. The molecule has 0 atom stereocenters. The van der Waals surface area contributed by atoms with Crippen LogP contribution in [-0.4, -0.2) is 9.55 Å². The number of hydrogen-bond acceptors (Lipinski definition) is 2. The monoisotopic (exact) mass is 215 g/mol. The molecule has 0 radical (unpaired) electrons. The Morgan fingerprint density at radius 3 is 2.50 bits per heavy atom. The molecule has 0 aliphatic carbocycles. The van der Waals surface area contributed by atoms with Gasteiger partial charge in [0.05, 0.1) is 0 Å². The lowest BCUT2D eigenvalue weighted by Crippen LogP contribution is -1.94. The average molecular weight is 215 g/mol. The van der Waals surface area contributed by atoms with Crippen molar-refractivity contribution in [3.63, 3.8) is 0 Å². The number of imidazole rings is 1. The number of aryl methyl sites for hydroxylation is 1. The molecule has 1 aromatic heterocycles. The second-order valence-corrected chi connectivity index (χ2v) is 3.53. The molecule has 3 nitrogen and oxygen atoms in total. The van der Waals surface area contributed by atoms with E-state index >= 15 is 0 Å². The molecule has 2 aromatic rings. The lowest BCUT2D eigenvalue weighted by atomic mass is 10.1. The van der Waals surface area contributed by atoms with Crippen LogP contribution in [0.15, 0.2) is 24.3 Å². The summed E-state index contributed by atoms with van der Waals surface area (Å²) in [7, 11) is 1.79. The molecule has 16 heavy (non-hydrogen) atoms. The maximum atomic E-state index is 12.8. The molecule has 2 rings (SSSR count). The van der Waals surface area contributed by atoms with Crippen molar-refractivity contribution in [3.8, 4) is 17.3 Å². The van der Waals surface area contributed by atoms with Gasteiger partial charge in [-0.05, 0) is 31.2 Å². The normalized spacial score (nSPS) is 10.1. The molecule has 0 saturated carbocycles. The molecule has 1 heterocycles. The Hall–Kier alpha value is -2.15. The van der Waals surface area contributed by atoms with Gasteiger partial charge in [-0.1, -0.05) is 0 Å². The summed E-state index contributed by atoms with van der Waals surface area (Å²) in [5.74, 6) is 0.464. The second-order valence-electron chi connectivity index (χ2n) is 3.53. The van der Waals surface area contributed by atoms with Crippen LogP contribution in [0.1, 0.15) is 11.5 Å². The molecule has 1 aromatic carbocycles. The quantitative estimate of drug-likeness (QED) is 0.733. The van der Waals surface area contributed by atoms with Gasteiger partial charge in [0, 0.05) is 12.6 Å². The van der Waals surface area contributed by atoms with Crippen LogP contribution in [0, 0.1) is 24.1 Å². The first-order chi connectivity index (χ1) is 7.63. The summed E-state index contributed by atoms with van der Waals surface area (Å²) in [6.45, 7) is 1.83. The number of rotatable bonds is 1. The largest absolute Gasteiger partial charge is 0.323 e. The van der Waals surface area contributed by atoms with Crippen molar-refractivity contribution in [2.45, 2.75) is 6.92 Å². The van der Waals surface area contributed by atoms with E-state index in [0.29, 0.717) is 11.4 Å². The standard InChI is InChI=1S/C12H10FN3/c1-8-15-12(11(7-14)16(8)2)9-3-5-10(13)6-4-9/h3-6H,1-2H3. The van der Waals surface area contributed by atoms with Crippen molar-refractivity contribution in [3.05, 3.63) is 41.6 Å². The van der Waals surface area contributed by atoms with Crippen LogP contribution in [0.3, 0.4) is 0 Å². The van der Waals surface area contributed by atoms with E-state index < -0.39 is 0 Å². The molecule has 0 unspecified atom stereocenters. The van der Waals surface area contributed by atoms with Gasteiger partial charge in [0.2, 0.25) is 0 Å². The molecular formula is C12H10FN3. The highest BCUT2D eigenvalue weighted by Gasteiger charge is 2.13. The van der Waals surface area contributed by atoms with Gasteiger partial charge in [0.25, 0.3) is 0 Å². The summed E-state index contributed by atoms with van der Waals surface area (Å²) in [5.41, 5.74) is 1.84. The Morgan fingerprint density at radius 2 is 1.94 bits per heavy atom. The Balaban J connectivity index is 2.61. The van der Waals surface area contributed by atoms with Gasteiger partial charge in [-0.2, -0.15) is 5.26 Å². The maximum absolute atomic E-state index is 12.8. The third-order valence-corrected chi connectivity index (χ3v) is 2.54. The third-order valence-electron chi connectivity index (χ3n) is 2.54. The Morgan fingerprint density at radius 1 is 1.31 bits per heavy atom. The summed E-state index contributed by atoms with van der Waals surface area (Å²) in [4.78, 5) is 4.30. The van der Waals surface area contributed by atoms with Crippen molar-refractivity contribution in [1.29, 1.82) is 5.26 Å². The van der Waals surface area contributed by atoms with E-state index in [1.165, 1.54) is 12.1 Å². The topological polar surface area (TPSA) is 41.6 Å². The molecule has 0 spiro atoms. The first-order valence-electron chi connectivity index (χ1n) is 4.83. The van der Waals surface area contributed by atoms with Gasteiger partial charge in [-0.3, -0.25) is 0 Å². The number of hydrogen-bond donors (Lipinski definition) is 0. The van der Waals surface area contributed by atoms with Gasteiger partial charge in [0.15, 0.2) is 0 Å². The van der Waals surface area contributed by atoms with Gasteiger partial charge in [-0.15, -0.1) is 0 Å². The summed E-state index contributed by atoms with van der Waals surface area (Å²) >= 11 is 0. The summed E-state index contributed by atoms with van der Waals surface area (Å²) in [5, 5.41) is 9.04. The molecule has 0 amide bonds. The molecule has 0 bridgehead atoms. The SMILES string of the molecule is Cc1nc(-c2ccc(F)cc2)c(C#N)n1C. The fraction of sp³-hybridized carbons (Fsp3) is 0.167. The lowest BCUT2D eigenvalue weighted by molar-refractivity contribution is 0.628. The van der Waals surface area contributed by atoms with Gasteiger partial charge in [0.1, 0.15) is 29.1 Å². The van der Waals surface area contributed by atoms with Gasteiger partial charge in [-0.25, -0.2) is 9.37 Å². The van der Waals surface area contributed by atoms with Crippen LogP contribution >= 0.6 is 0 Å². The van der Waals surface area contributed by atoms with E-state index in [1.807, 2.05) is 6.92 Å². The Bertz CT molecular complexity index is 561. The van der Waals surface area contributed by atoms with Crippen LogP contribution in [0.5, 0.6) is 0 Å². The van der Waals surface area contributed by atoms with Crippen LogP contribution in [0.25, 0.3) is 11.3 Å². The first-order valence-corrected chi connectivity index (χ1v) is 4.83. The van der Waals surface area contributed by atoms with Crippen LogP contribution in [0.2, 0.25) is 0 Å². The fourth-order valence-corrected chi connectivity index (χ4v) is 1.55. The molecule has 4 heteroatoms. The van der Waals surface area contributed by atoms with Crippen LogP contribution in [-0.2, 0) is 7.05 Å². The minimum absolute atomic E-state index is 0.296. The molecule has 80 valence electrons. The number of halogens is 1. The Kier molecular flexibility index (Phi) is 2.45. The molecule has 0 saturated heterocycles. The second kappa shape index (κ2) is 3.78. The van der Waals surface area contributed by atoms with E-state index in [-0.39, 0.29) is 5.82 Å². The highest BCUT2D eigenvalue weighted by molar-refractivity contribution is 5.65. The Labute approximate surface area is 92.8 Å². The molecule has 0 aliphatic heterocycles. The average Bonchev–Trinajstić information content (AvgIpc) is 2.56. The van der Waals surface area contributed by atoms with Crippen molar-refractivity contribution < 1.29 is 4.39 Å². The molecule has 0 N–H and O–H groups in total. The van der Waals surface area contributed by atoms with E-state index in [0.717, 1.165) is 11.4 Å². The zero-order chi connectivity index (χ0) is 11.7. The summed E-state index contributed by atoms with van der Waals surface area (Å²) in [6, 6.07) is 8.07. The highest BCUT2D eigenvalue weighted by Crippen LogP contribution is 2.22. The number of nitriles is 1. The van der Waals surface area contributed by atoms with Crippen molar-refractivity contribution in [1.82, 2.24) is 9.55 Å². The minimum Gasteiger partial charge on any atom is -0.323 e. The fourth-order valence-electron chi connectivity index (χ4n) is 1.55. The molecule has 0 aliphatic rings. The number of nitrogens with zero attached hydrogens (tertiary/aromatic N) is 3. The van der Waals surface area contributed by atoms with Crippen molar-refractivity contribution >= 4 is 0 Å². The zero-order valence-electron chi connectivity index (χ0n) is 9.03. The van der Waals surface area contributed by atoms with E-state index in [9.17, 15) is 4.39 Å². The number of benzene rings is 1. The van der Waals surface area contributed by atoms with E-state index in [4.69, 9.17) is 5.26 Å². The van der Waals surface area contributed by atoms with Crippen LogP contribution < -0.4 is 0 Å². The van der Waals surface area contributed by atoms with E-state index in [1.54, 1.807) is 23.7 Å². The molecular weight excluding hydrogens is 205 g/mol. The summed E-state index contributed by atoms with van der Waals surface area (Å²) < 4.78 is 14.5. The zero-order valence-corrected chi connectivity index (χ0v) is 9.03. The van der Waals surface area contributed by atoms with Crippen LogP contribution in [0.4, 0.5) is 4.39 Å². The predicted octanol–water partition coefficient (Wildman–Crippen LogP) is 2.41. The minimum atomic E-state index is -0.296.